The van der Waals surface area contributed by atoms with Gasteiger partial charge >= 0.3 is 5.97 Å². The number of carbonyl (C=O) groups is 1. The van der Waals surface area contributed by atoms with Crippen molar-refractivity contribution in [2.45, 2.75) is 70.9 Å². The van der Waals surface area contributed by atoms with Crippen molar-refractivity contribution in [1.82, 2.24) is 4.90 Å². The lowest BCUT2D eigenvalue weighted by molar-refractivity contribution is 0.00645. The first-order chi connectivity index (χ1) is 16.5. The molecular weight excluding hydrogens is 488 g/mol. The van der Waals surface area contributed by atoms with Crippen molar-refractivity contribution >= 4 is 29.2 Å². The van der Waals surface area contributed by atoms with Crippen molar-refractivity contribution in [2.24, 2.45) is 5.92 Å². The molecule has 4 nitrogen and oxygen atoms in total. The number of carbonyl (C=O) groups excluding carboxylic acids is 1. The smallest absolute Gasteiger partial charge is 0.341 e. The van der Waals surface area contributed by atoms with Gasteiger partial charge in [0.15, 0.2) is 0 Å². The molecule has 1 heterocycles. The lowest BCUT2D eigenvalue weighted by atomic mass is 9.95. The molecule has 1 atom stereocenters. The third-order valence-corrected chi connectivity index (χ3v) is 7.21. The Bertz CT molecular complexity index is 1050. The van der Waals surface area contributed by atoms with Gasteiger partial charge < -0.3 is 9.47 Å². The molecule has 0 bridgehead atoms. The first-order valence-electron chi connectivity index (χ1n) is 12.4. The Hall–Kier alpha value is -1.82. The van der Waals surface area contributed by atoms with E-state index in [1.54, 1.807) is 32.9 Å². The fraction of sp³-hybridized carbons (Fsp3) is 0.536. The number of nitrogens with zero attached hydrogens (tertiary/aromatic N) is 1. The van der Waals surface area contributed by atoms with E-state index in [4.69, 9.17) is 32.7 Å². The normalized spacial score (nSPS) is 18.4. The molecule has 7 heteroatoms. The minimum Gasteiger partial charge on any atom is -0.493 e. The Labute approximate surface area is 217 Å². The number of rotatable bonds is 7. The summed E-state index contributed by atoms with van der Waals surface area (Å²) >= 11 is 12.4. The SMILES string of the molecule is C[C@@H](c1cc(Cl)cc(Cl)c1)N1CCC(COc2cc(F)c(C(=O)OC(C)(C)C)cc2C2CC2)CC1. The number of likely N-dealkylation sites (tertiary alicyclic amines) is 1. The second kappa shape index (κ2) is 10.7. The third kappa shape index (κ3) is 6.90. The van der Waals surface area contributed by atoms with Gasteiger partial charge in [0.1, 0.15) is 17.2 Å². The van der Waals surface area contributed by atoms with E-state index in [9.17, 15) is 9.18 Å². The predicted octanol–water partition coefficient (Wildman–Crippen LogP) is 7.82. The summed E-state index contributed by atoms with van der Waals surface area (Å²) in [5.74, 6) is 0.0381. The minimum absolute atomic E-state index is 0.0161. The molecule has 0 spiro atoms. The van der Waals surface area contributed by atoms with Crippen LogP contribution in [0.15, 0.2) is 30.3 Å². The summed E-state index contributed by atoms with van der Waals surface area (Å²) in [5.41, 5.74) is 1.34. The molecule has 0 amide bonds. The van der Waals surface area contributed by atoms with E-state index in [1.165, 1.54) is 6.07 Å². The van der Waals surface area contributed by atoms with Gasteiger partial charge in [0.25, 0.3) is 0 Å². The van der Waals surface area contributed by atoms with E-state index >= 15 is 0 Å². The average Bonchev–Trinajstić information content (AvgIpc) is 3.61. The standard InChI is InChI=1S/C28H34Cl2FNO3/c1-17(20-11-21(29)13-22(30)12-20)32-9-7-18(8-10-32)16-34-26-15-25(31)24(14-23(26)19-5-6-19)27(33)35-28(2,3)4/h11-15,17-19H,5-10,16H2,1-4H3/t17-/m0/s1. The van der Waals surface area contributed by atoms with E-state index < -0.39 is 17.4 Å². The first-order valence-corrected chi connectivity index (χ1v) is 13.2. The third-order valence-electron chi connectivity index (χ3n) is 6.77. The van der Waals surface area contributed by atoms with Crippen molar-refractivity contribution in [3.05, 3.63) is 62.9 Å². The van der Waals surface area contributed by atoms with E-state index in [2.05, 4.69) is 11.8 Å². The molecule has 1 aliphatic heterocycles. The molecule has 0 radical (unpaired) electrons. The van der Waals surface area contributed by atoms with Crippen LogP contribution in [0.2, 0.25) is 10.0 Å². The summed E-state index contributed by atoms with van der Waals surface area (Å²) in [6, 6.07) is 8.93. The molecule has 2 aromatic rings. The Kier molecular flexibility index (Phi) is 7.99. The summed E-state index contributed by atoms with van der Waals surface area (Å²) in [6.45, 7) is 9.93. The van der Waals surface area contributed by atoms with E-state index in [0.717, 1.165) is 49.9 Å². The van der Waals surface area contributed by atoms with Crippen molar-refractivity contribution < 1.29 is 18.7 Å². The molecule has 2 aliphatic rings. The van der Waals surface area contributed by atoms with Crippen LogP contribution in [0, 0.1) is 11.7 Å². The lowest BCUT2D eigenvalue weighted by Gasteiger charge is -2.36. The van der Waals surface area contributed by atoms with Crippen molar-refractivity contribution in [3.63, 3.8) is 0 Å². The highest BCUT2D eigenvalue weighted by Gasteiger charge is 2.31. The monoisotopic (exact) mass is 521 g/mol. The topological polar surface area (TPSA) is 38.8 Å². The van der Waals surface area contributed by atoms with Gasteiger partial charge in [-0.3, -0.25) is 4.90 Å². The van der Waals surface area contributed by atoms with Crippen LogP contribution in [0.1, 0.15) is 86.8 Å². The second-order valence-corrected chi connectivity index (χ2v) is 11.7. The molecule has 0 N–H and O–H groups in total. The summed E-state index contributed by atoms with van der Waals surface area (Å²) in [5, 5.41) is 1.30. The quantitative estimate of drug-likeness (QED) is 0.348. The van der Waals surface area contributed by atoms with Gasteiger partial charge in [-0.1, -0.05) is 23.2 Å². The molecular formula is C28H34Cl2FNO3. The van der Waals surface area contributed by atoms with Crippen LogP contribution >= 0.6 is 23.2 Å². The van der Waals surface area contributed by atoms with Crippen molar-refractivity contribution in [2.75, 3.05) is 19.7 Å². The van der Waals surface area contributed by atoms with Gasteiger partial charge in [0.05, 0.1) is 12.2 Å². The van der Waals surface area contributed by atoms with E-state index in [1.807, 2.05) is 12.1 Å². The maximum atomic E-state index is 14.9. The van der Waals surface area contributed by atoms with Gasteiger partial charge in [-0.05, 0) is 114 Å². The van der Waals surface area contributed by atoms with Gasteiger partial charge in [-0.25, -0.2) is 9.18 Å². The van der Waals surface area contributed by atoms with Gasteiger partial charge in [0, 0.05) is 22.2 Å². The molecule has 1 saturated heterocycles. The van der Waals surface area contributed by atoms with Crippen LogP contribution in [0.3, 0.4) is 0 Å². The zero-order chi connectivity index (χ0) is 25.3. The van der Waals surface area contributed by atoms with Crippen LogP contribution in [-0.4, -0.2) is 36.2 Å². The summed E-state index contributed by atoms with van der Waals surface area (Å²) in [6.07, 6.45) is 4.05. The lowest BCUT2D eigenvalue weighted by Crippen LogP contribution is -2.37. The summed E-state index contributed by atoms with van der Waals surface area (Å²) in [7, 11) is 0. The number of piperidine rings is 1. The molecule has 2 fully saturated rings. The Morgan fingerprint density at radius 2 is 1.69 bits per heavy atom. The van der Waals surface area contributed by atoms with Crippen LogP contribution in [0.5, 0.6) is 5.75 Å². The second-order valence-electron chi connectivity index (χ2n) is 10.8. The molecule has 35 heavy (non-hydrogen) atoms. The molecule has 2 aromatic carbocycles. The molecule has 0 unspecified atom stereocenters. The summed E-state index contributed by atoms with van der Waals surface area (Å²) in [4.78, 5) is 14.9. The Morgan fingerprint density at radius 3 is 2.26 bits per heavy atom. The van der Waals surface area contributed by atoms with Gasteiger partial charge in [0.2, 0.25) is 0 Å². The molecule has 190 valence electrons. The maximum absolute atomic E-state index is 14.9. The number of benzene rings is 2. The zero-order valence-electron chi connectivity index (χ0n) is 20.9. The fourth-order valence-electron chi connectivity index (χ4n) is 4.64. The van der Waals surface area contributed by atoms with Crippen LogP contribution in [0.4, 0.5) is 4.39 Å². The predicted molar refractivity (Wildman–Crippen MR) is 138 cm³/mol. The molecule has 4 rings (SSSR count). The molecule has 1 saturated carbocycles. The number of ether oxygens (including phenoxy) is 2. The zero-order valence-corrected chi connectivity index (χ0v) is 22.4. The van der Waals surface area contributed by atoms with Crippen LogP contribution < -0.4 is 4.74 Å². The largest absolute Gasteiger partial charge is 0.493 e. The number of hydrogen-bond donors (Lipinski definition) is 0. The average molecular weight is 522 g/mol. The summed E-state index contributed by atoms with van der Waals surface area (Å²) < 4.78 is 26.4. The highest BCUT2D eigenvalue weighted by atomic mass is 35.5. The van der Waals surface area contributed by atoms with Crippen molar-refractivity contribution in [1.29, 1.82) is 0 Å². The van der Waals surface area contributed by atoms with E-state index in [0.29, 0.717) is 34.2 Å². The fourth-order valence-corrected chi connectivity index (χ4v) is 5.18. The highest BCUT2D eigenvalue weighted by Crippen LogP contribution is 2.45. The Balaban J connectivity index is 1.37. The van der Waals surface area contributed by atoms with Crippen LogP contribution in [0.25, 0.3) is 0 Å². The van der Waals surface area contributed by atoms with Gasteiger partial charge in [-0.2, -0.15) is 0 Å². The van der Waals surface area contributed by atoms with Crippen molar-refractivity contribution in [3.8, 4) is 5.75 Å². The maximum Gasteiger partial charge on any atom is 0.341 e. The highest BCUT2D eigenvalue weighted by molar-refractivity contribution is 6.34. The van der Waals surface area contributed by atoms with E-state index in [-0.39, 0.29) is 11.6 Å². The number of esters is 1. The van der Waals surface area contributed by atoms with Crippen LogP contribution in [-0.2, 0) is 4.74 Å². The number of hydrogen-bond acceptors (Lipinski definition) is 4. The minimum atomic E-state index is -0.677. The first kappa shape index (κ1) is 26.2. The Morgan fingerprint density at radius 1 is 1.06 bits per heavy atom. The molecule has 1 aliphatic carbocycles. The van der Waals surface area contributed by atoms with Gasteiger partial charge in [-0.15, -0.1) is 0 Å². The number of halogens is 3. The molecule has 0 aromatic heterocycles.